The van der Waals surface area contributed by atoms with Gasteiger partial charge in [0.1, 0.15) is 6.04 Å². The number of allylic oxidation sites excluding steroid dienone is 2. The van der Waals surface area contributed by atoms with Crippen LogP contribution in [-0.4, -0.2) is 33.8 Å². The smallest absolute Gasteiger partial charge is 0.326 e. The Morgan fingerprint density at radius 1 is 1.12 bits per heavy atom. The second-order valence-corrected chi connectivity index (χ2v) is 9.24. The number of halogens is 2. The van der Waals surface area contributed by atoms with Gasteiger partial charge in [-0.2, -0.15) is 0 Å². The van der Waals surface area contributed by atoms with E-state index in [1.807, 2.05) is 6.92 Å². The molecule has 0 radical (unpaired) electrons. The van der Waals surface area contributed by atoms with E-state index in [0.717, 1.165) is 12.0 Å². The molecule has 1 unspecified atom stereocenters. The number of Topliss-reactive ketones (excluding diaryl/α,β-unsaturated/α-hetero) is 1. The zero-order chi connectivity index (χ0) is 24.3. The SMILES string of the molecule is CCCC1=C(NC(Cc2ccc(NC(=O)c3c(Cl)cncc3Cl)cc2)C(=O)O)C(C)(C)C1=O. The maximum Gasteiger partial charge on any atom is 0.326 e. The summed E-state index contributed by atoms with van der Waals surface area (Å²) in [7, 11) is 0. The van der Waals surface area contributed by atoms with Gasteiger partial charge in [-0.3, -0.25) is 14.6 Å². The van der Waals surface area contributed by atoms with Gasteiger partial charge in [0, 0.05) is 35.8 Å². The number of aromatic nitrogens is 1. The molecule has 1 atom stereocenters. The number of carbonyl (C=O) groups is 3. The van der Waals surface area contributed by atoms with Crippen molar-refractivity contribution in [3.8, 4) is 0 Å². The molecule has 174 valence electrons. The molecule has 1 aliphatic rings. The van der Waals surface area contributed by atoms with Crippen molar-refractivity contribution in [1.29, 1.82) is 0 Å². The molecule has 2 aromatic rings. The van der Waals surface area contributed by atoms with E-state index in [1.165, 1.54) is 12.4 Å². The molecule has 1 aromatic heterocycles. The van der Waals surface area contributed by atoms with Crippen LogP contribution in [0.15, 0.2) is 47.9 Å². The fraction of sp³-hybridized carbons (Fsp3) is 0.333. The highest BCUT2D eigenvalue weighted by Crippen LogP contribution is 2.42. The first-order chi connectivity index (χ1) is 15.6. The number of benzene rings is 1. The number of nitrogens with one attached hydrogen (secondary N) is 2. The van der Waals surface area contributed by atoms with Crippen molar-refractivity contribution in [2.75, 3.05) is 5.32 Å². The summed E-state index contributed by atoms with van der Waals surface area (Å²) < 4.78 is 0. The molecular formula is C24H25Cl2N3O4. The number of ketones is 1. The topological polar surface area (TPSA) is 108 Å². The summed E-state index contributed by atoms with van der Waals surface area (Å²) in [6, 6.07) is 5.93. The highest BCUT2D eigenvalue weighted by molar-refractivity contribution is 6.40. The van der Waals surface area contributed by atoms with Crippen LogP contribution in [0.1, 0.15) is 49.5 Å². The lowest BCUT2D eigenvalue weighted by Crippen LogP contribution is -2.51. The molecule has 0 bridgehead atoms. The molecule has 0 fully saturated rings. The highest BCUT2D eigenvalue weighted by atomic mass is 35.5. The van der Waals surface area contributed by atoms with E-state index in [9.17, 15) is 19.5 Å². The van der Waals surface area contributed by atoms with E-state index in [-0.39, 0.29) is 27.8 Å². The minimum Gasteiger partial charge on any atom is -0.480 e. The van der Waals surface area contributed by atoms with Crippen molar-refractivity contribution in [1.82, 2.24) is 10.3 Å². The quantitative estimate of drug-likeness (QED) is 0.462. The van der Waals surface area contributed by atoms with Gasteiger partial charge in [0.15, 0.2) is 5.78 Å². The first-order valence-electron chi connectivity index (χ1n) is 10.5. The third-order valence-electron chi connectivity index (χ3n) is 5.62. The summed E-state index contributed by atoms with van der Waals surface area (Å²) in [4.78, 5) is 40.6. The van der Waals surface area contributed by atoms with Crippen LogP contribution in [-0.2, 0) is 16.0 Å². The van der Waals surface area contributed by atoms with Crippen molar-refractivity contribution >= 4 is 46.5 Å². The lowest BCUT2D eigenvalue weighted by molar-refractivity contribution is -0.139. The van der Waals surface area contributed by atoms with E-state index in [0.29, 0.717) is 23.4 Å². The second kappa shape index (κ2) is 9.93. The van der Waals surface area contributed by atoms with Crippen LogP contribution in [0.3, 0.4) is 0 Å². The van der Waals surface area contributed by atoms with E-state index < -0.39 is 23.3 Å². The zero-order valence-electron chi connectivity index (χ0n) is 18.5. The fourth-order valence-corrected chi connectivity index (χ4v) is 4.37. The average molecular weight is 490 g/mol. The molecule has 3 rings (SSSR count). The lowest BCUT2D eigenvalue weighted by atomic mass is 9.67. The number of carboxylic acid groups (broad SMARTS) is 1. The summed E-state index contributed by atoms with van der Waals surface area (Å²) in [6.45, 7) is 5.58. The number of carboxylic acids is 1. The standard InChI is InChI=1S/C24H25Cl2N3O4/c1-4-5-15-20(24(2,3)21(15)30)29-18(23(32)33)10-13-6-8-14(9-7-13)28-22(31)19-16(25)11-27-12-17(19)26/h6-9,11-12,18,29H,4-5,10H2,1-3H3,(H,28,31)(H,32,33). The minimum atomic E-state index is -1.01. The van der Waals surface area contributed by atoms with Gasteiger partial charge in [0.05, 0.1) is 21.0 Å². The Morgan fingerprint density at radius 3 is 2.27 bits per heavy atom. The van der Waals surface area contributed by atoms with E-state index >= 15 is 0 Å². The van der Waals surface area contributed by atoms with Crippen molar-refractivity contribution in [2.24, 2.45) is 5.41 Å². The molecule has 0 saturated carbocycles. The third kappa shape index (κ3) is 5.20. The van der Waals surface area contributed by atoms with Gasteiger partial charge >= 0.3 is 5.97 Å². The van der Waals surface area contributed by atoms with Crippen LogP contribution in [0.2, 0.25) is 10.0 Å². The number of hydrogen-bond donors (Lipinski definition) is 3. The van der Waals surface area contributed by atoms with Crippen LogP contribution < -0.4 is 10.6 Å². The molecule has 0 aliphatic heterocycles. The fourth-order valence-electron chi connectivity index (χ4n) is 3.83. The Morgan fingerprint density at radius 2 is 1.73 bits per heavy atom. The summed E-state index contributed by atoms with van der Waals surface area (Å²) in [6.07, 6.45) is 4.31. The summed E-state index contributed by atoms with van der Waals surface area (Å²) in [5.74, 6) is -1.42. The Balaban J connectivity index is 1.72. The van der Waals surface area contributed by atoms with Crippen molar-refractivity contribution in [2.45, 2.75) is 46.1 Å². The average Bonchev–Trinajstić information content (AvgIpc) is 2.76. The van der Waals surface area contributed by atoms with Gasteiger partial charge < -0.3 is 15.7 Å². The van der Waals surface area contributed by atoms with E-state index in [1.54, 1.807) is 38.1 Å². The minimum absolute atomic E-state index is 0.0606. The van der Waals surface area contributed by atoms with Crippen molar-refractivity contribution < 1.29 is 19.5 Å². The van der Waals surface area contributed by atoms with Gasteiger partial charge in [0.2, 0.25) is 0 Å². The first kappa shape index (κ1) is 24.7. The first-order valence-corrected chi connectivity index (χ1v) is 11.3. The van der Waals surface area contributed by atoms with E-state index in [2.05, 4.69) is 15.6 Å². The number of pyridine rings is 1. The largest absolute Gasteiger partial charge is 0.480 e. The number of aliphatic carboxylic acids is 1. The Kier molecular flexibility index (Phi) is 7.44. The number of nitrogens with zero attached hydrogens (tertiary/aromatic N) is 1. The van der Waals surface area contributed by atoms with Crippen LogP contribution in [0.4, 0.5) is 5.69 Å². The summed E-state index contributed by atoms with van der Waals surface area (Å²) >= 11 is 12.0. The molecule has 1 amide bonds. The van der Waals surface area contributed by atoms with Crippen molar-refractivity contribution in [3.63, 3.8) is 0 Å². The monoisotopic (exact) mass is 489 g/mol. The second-order valence-electron chi connectivity index (χ2n) is 8.43. The third-order valence-corrected chi connectivity index (χ3v) is 6.19. The van der Waals surface area contributed by atoms with E-state index in [4.69, 9.17) is 23.2 Å². The molecule has 1 aliphatic carbocycles. The maximum atomic E-state index is 12.5. The van der Waals surface area contributed by atoms with Gasteiger partial charge in [0.25, 0.3) is 5.91 Å². The van der Waals surface area contributed by atoms with Crippen LogP contribution in [0.5, 0.6) is 0 Å². The number of hydrogen-bond acceptors (Lipinski definition) is 5. The maximum absolute atomic E-state index is 12.5. The number of carbonyl (C=O) groups excluding carboxylic acids is 2. The molecule has 3 N–H and O–H groups in total. The van der Waals surface area contributed by atoms with Crippen LogP contribution in [0.25, 0.3) is 0 Å². The molecule has 33 heavy (non-hydrogen) atoms. The molecule has 0 saturated heterocycles. The molecule has 9 heteroatoms. The molecule has 1 heterocycles. The summed E-state index contributed by atoms with van der Waals surface area (Å²) in [5.41, 5.74) is 2.07. The van der Waals surface area contributed by atoms with Crippen LogP contribution >= 0.6 is 23.2 Å². The Hall–Kier alpha value is -2.90. The predicted molar refractivity (Wildman–Crippen MR) is 128 cm³/mol. The molecule has 7 nitrogen and oxygen atoms in total. The van der Waals surface area contributed by atoms with Gasteiger partial charge in [-0.25, -0.2) is 4.79 Å². The molecule has 1 aromatic carbocycles. The van der Waals surface area contributed by atoms with Crippen molar-refractivity contribution in [3.05, 3.63) is 69.1 Å². The van der Waals surface area contributed by atoms with Gasteiger partial charge in [-0.05, 0) is 38.0 Å². The predicted octanol–water partition coefficient (Wildman–Crippen LogP) is 4.89. The van der Waals surface area contributed by atoms with Gasteiger partial charge in [-0.1, -0.05) is 48.7 Å². The number of amides is 1. The normalized spacial score (nSPS) is 15.6. The molecule has 0 spiro atoms. The van der Waals surface area contributed by atoms with Gasteiger partial charge in [-0.15, -0.1) is 0 Å². The Labute approximate surface area is 202 Å². The highest BCUT2D eigenvalue weighted by Gasteiger charge is 2.46. The Bertz CT molecular complexity index is 1110. The summed E-state index contributed by atoms with van der Waals surface area (Å²) in [5, 5.41) is 15.8. The molecular weight excluding hydrogens is 465 g/mol. The van der Waals surface area contributed by atoms with Crippen LogP contribution in [0, 0.1) is 5.41 Å². The zero-order valence-corrected chi connectivity index (χ0v) is 20.0. The lowest BCUT2D eigenvalue weighted by Gasteiger charge is -2.40. The number of rotatable bonds is 9. The number of anilines is 1.